The van der Waals surface area contributed by atoms with E-state index in [0.717, 1.165) is 11.3 Å². The second-order valence-electron chi connectivity index (χ2n) is 3.01. The van der Waals surface area contributed by atoms with E-state index in [1.54, 1.807) is 0 Å². The van der Waals surface area contributed by atoms with Crippen molar-refractivity contribution < 1.29 is 13.5 Å². The minimum atomic E-state index is -3.67. The van der Waals surface area contributed by atoms with E-state index in [-0.39, 0.29) is 4.21 Å². The highest BCUT2D eigenvalue weighted by Gasteiger charge is 2.34. The summed E-state index contributed by atoms with van der Waals surface area (Å²) in [6.07, 6.45) is 0. The first kappa shape index (κ1) is 11.0. The van der Waals surface area contributed by atoms with E-state index >= 15 is 0 Å². The zero-order valence-electron chi connectivity index (χ0n) is 7.11. The van der Waals surface area contributed by atoms with Crippen LogP contribution in [0.1, 0.15) is 13.8 Å². The fourth-order valence-electron chi connectivity index (χ4n) is 0.688. The van der Waals surface area contributed by atoms with Gasteiger partial charge in [-0.3, -0.25) is 0 Å². The number of hydrogen-bond donors (Lipinski definition) is 1. The van der Waals surface area contributed by atoms with Crippen LogP contribution in [0.5, 0.6) is 0 Å². The van der Waals surface area contributed by atoms with Crippen molar-refractivity contribution in [3.63, 3.8) is 0 Å². The van der Waals surface area contributed by atoms with E-state index in [0.29, 0.717) is 4.34 Å². The predicted molar refractivity (Wildman–Crippen MR) is 52.8 cm³/mol. The summed E-state index contributed by atoms with van der Waals surface area (Å²) < 4.78 is 23.6. The molecule has 0 radical (unpaired) electrons. The lowest BCUT2D eigenvalue weighted by Crippen LogP contribution is -2.30. The number of sulfone groups is 1. The van der Waals surface area contributed by atoms with Crippen molar-refractivity contribution in [2.75, 3.05) is 0 Å². The lowest BCUT2D eigenvalue weighted by atomic mass is 10.5. The lowest BCUT2D eigenvalue weighted by Gasteiger charge is -2.16. The summed E-state index contributed by atoms with van der Waals surface area (Å²) in [4.78, 5) is -1.76. The number of aliphatic hydroxyl groups is 1. The van der Waals surface area contributed by atoms with Crippen LogP contribution in [0.25, 0.3) is 0 Å². The normalized spacial score (nSPS) is 13.2. The van der Waals surface area contributed by atoms with E-state index in [1.807, 2.05) is 0 Å². The van der Waals surface area contributed by atoms with Gasteiger partial charge >= 0.3 is 0 Å². The molecule has 0 spiro atoms. The monoisotopic (exact) mass is 240 g/mol. The van der Waals surface area contributed by atoms with Gasteiger partial charge < -0.3 is 5.11 Å². The van der Waals surface area contributed by atoms with Gasteiger partial charge in [0.1, 0.15) is 4.21 Å². The second kappa shape index (κ2) is 3.24. The quantitative estimate of drug-likeness (QED) is 0.859. The average Bonchev–Trinajstić information content (AvgIpc) is 2.33. The Morgan fingerprint density at radius 1 is 1.46 bits per heavy atom. The highest BCUT2D eigenvalue weighted by atomic mass is 35.5. The molecule has 1 N–H and O–H groups in total. The molecule has 3 nitrogen and oxygen atoms in total. The van der Waals surface area contributed by atoms with Crippen LogP contribution < -0.4 is 0 Å². The predicted octanol–water partition coefficient (Wildman–Crippen LogP) is 1.90. The van der Waals surface area contributed by atoms with Crippen molar-refractivity contribution in [1.82, 2.24) is 0 Å². The van der Waals surface area contributed by atoms with Crippen molar-refractivity contribution in [3.05, 3.63) is 16.5 Å². The van der Waals surface area contributed by atoms with Gasteiger partial charge in [-0.2, -0.15) is 0 Å². The third kappa shape index (κ3) is 2.04. The van der Waals surface area contributed by atoms with E-state index < -0.39 is 14.8 Å². The topological polar surface area (TPSA) is 54.4 Å². The molecule has 1 heterocycles. The standard InChI is InChI=1S/C7H9ClO3S2/c1-7(2,9)13(10,11)6-4-3-5(8)12-6/h3-4,9H,1-2H3. The molecule has 0 aliphatic rings. The van der Waals surface area contributed by atoms with Crippen molar-refractivity contribution in [2.24, 2.45) is 0 Å². The van der Waals surface area contributed by atoms with Crippen LogP contribution >= 0.6 is 22.9 Å². The summed E-state index contributed by atoms with van der Waals surface area (Å²) >= 11 is 6.53. The third-order valence-electron chi connectivity index (χ3n) is 1.47. The third-order valence-corrected chi connectivity index (χ3v) is 5.39. The molecule has 1 aromatic heterocycles. The summed E-state index contributed by atoms with van der Waals surface area (Å²) in [5.41, 5.74) is 0. The smallest absolute Gasteiger partial charge is 0.216 e. The molecule has 0 amide bonds. The minimum Gasteiger partial charge on any atom is -0.374 e. The van der Waals surface area contributed by atoms with Gasteiger partial charge in [0, 0.05) is 0 Å². The Morgan fingerprint density at radius 2 is 2.00 bits per heavy atom. The molecular formula is C7H9ClO3S2. The van der Waals surface area contributed by atoms with Gasteiger partial charge in [0.05, 0.1) is 4.34 Å². The Kier molecular flexibility index (Phi) is 2.73. The van der Waals surface area contributed by atoms with E-state index in [1.165, 1.54) is 26.0 Å². The largest absolute Gasteiger partial charge is 0.374 e. The maximum Gasteiger partial charge on any atom is 0.216 e. The van der Waals surface area contributed by atoms with Crippen LogP contribution in [-0.4, -0.2) is 18.5 Å². The molecule has 0 aliphatic carbocycles. The molecule has 0 bridgehead atoms. The molecule has 6 heteroatoms. The van der Waals surface area contributed by atoms with Crippen LogP contribution in [0.2, 0.25) is 4.34 Å². The summed E-state index contributed by atoms with van der Waals surface area (Å²) in [6, 6.07) is 2.88. The van der Waals surface area contributed by atoms with Crippen LogP contribution in [0, 0.1) is 0 Å². The first-order valence-electron chi connectivity index (χ1n) is 3.47. The first-order valence-corrected chi connectivity index (χ1v) is 6.15. The molecule has 0 fully saturated rings. The number of thiophene rings is 1. The van der Waals surface area contributed by atoms with Gasteiger partial charge in [0.15, 0.2) is 4.93 Å². The molecule has 0 aromatic carbocycles. The maximum atomic E-state index is 11.6. The lowest BCUT2D eigenvalue weighted by molar-refractivity contribution is 0.165. The van der Waals surface area contributed by atoms with Gasteiger partial charge in [-0.15, -0.1) is 11.3 Å². The summed E-state index contributed by atoms with van der Waals surface area (Å²) in [7, 11) is -3.67. The van der Waals surface area contributed by atoms with Gasteiger partial charge in [-0.25, -0.2) is 8.42 Å². The van der Waals surface area contributed by atoms with Gasteiger partial charge in [0.2, 0.25) is 9.84 Å². The Bertz CT molecular complexity index is 400. The Hall–Kier alpha value is -0.100. The number of halogens is 1. The average molecular weight is 241 g/mol. The summed E-state index contributed by atoms with van der Waals surface area (Å²) in [6.45, 7) is 2.46. The first-order chi connectivity index (χ1) is 5.75. The molecular weight excluding hydrogens is 232 g/mol. The highest BCUT2D eigenvalue weighted by molar-refractivity contribution is 7.94. The zero-order valence-corrected chi connectivity index (χ0v) is 9.50. The SMILES string of the molecule is CC(C)(O)S(=O)(=O)c1ccc(Cl)s1. The molecule has 0 saturated carbocycles. The number of rotatable bonds is 2. The van der Waals surface area contributed by atoms with Crippen LogP contribution in [0.15, 0.2) is 16.3 Å². The fraction of sp³-hybridized carbons (Fsp3) is 0.429. The van der Waals surface area contributed by atoms with Crippen molar-refractivity contribution in [3.8, 4) is 0 Å². The van der Waals surface area contributed by atoms with Gasteiger partial charge in [-0.1, -0.05) is 11.6 Å². The second-order valence-corrected chi connectivity index (χ2v) is 7.43. The summed E-state index contributed by atoms with van der Waals surface area (Å²) in [5, 5.41) is 9.38. The van der Waals surface area contributed by atoms with Crippen molar-refractivity contribution in [2.45, 2.75) is 23.0 Å². The maximum absolute atomic E-state index is 11.6. The van der Waals surface area contributed by atoms with Crippen molar-refractivity contribution in [1.29, 1.82) is 0 Å². The minimum absolute atomic E-state index is 0.0880. The molecule has 1 aromatic rings. The zero-order chi connectivity index (χ0) is 10.3. The fourth-order valence-corrected chi connectivity index (χ4v) is 3.66. The van der Waals surface area contributed by atoms with Crippen molar-refractivity contribution >= 4 is 32.8 Å². The molecule has 0 aliphatic heterocycles. The van der Waals surface area contributed by atoms with Crippen LogP contribution in [0.3, 0.4) is 0 Å². The summed E-state index contributed by atoms with van der Waals surface area (Å²) in [5.74, 6) is 0. The Morgan fingerprint density at radius 3 is 2.31 bits per heavy atom. The molecule has 1 rings (SSSR count). The molecule has 0 unspecified atom stereocenters. The Labute approximate surface area is 85.9 Å². The van der Waals surface area contributed by atoms with Crippen LogP contribution in [-0.2, 0) is 9.84 Å². The van der Waals surface area contributed by atoms with E-state index in [4.69, 9.17) is 11.6 Å². The number of hydrogen-bond acceptors (Lipinski definition) is 4. The molecule has 13 heavy (non-hydrogen) atoms. The van der Waals surface area contributed by atoms with Crippen LogP contribution in [0.4, 0.5) is 0 Å². The Balaban J connectivity index is 3.24. The van der Waals surface area contributed by atoms with E-state index in [2.05, 4.69) is 0 Å². The molecule has 0 atom stereocenters. The van der Waals surface area contributed by atoms with Gasteiger partial charge in [-0.05, 0) is 26.0 Å². The molecule has 0 saturated heterocycles. The van der Waals surface area contributed by atoms with E-state index in [9.17, 15) is 13.5 Å². The highest BCUT2D eigenvalue weighted by Crippen LogP contribution is 2.31. The molecule has 74 valence electrons. The van der Waals surface area contributed by atoms with Gasteiger partial charge in [0.25, 0.3) is 0 Å².